The highest BCUT2D eigenvalue weighted by Crippen LogP contribution is 2.34. The largest absolute Gasteiger partial charge is 0.465 e. The number of hydrogen-bond acceptors (Lipinski definition) is 2. The summed E-state index contributed by atoms with van der Waals surface area (Å²) in [4.78, 5) is 10.3. The molecule has 0 heterocycles. The van der Waals surface area contributed by atoms with Gasteiger partial charge in [-0.15, -0.1) is 0 Å². The molecule has 4 nitrogen and oxygen atoms in total. The van der Waals surface area contributed by atoms with E-state index in [0.717, 1.165) is 6.07 Å². The van der Waals surface area contributed by atoms with Crippen molar-refractivity contribution in [3.63, 3.8) is 0 Å². The van der Waals surface area contributed by atoms with Crippen molar-refractivity contribution in [3.05, 3.63) is 23.3 Å². The lowest BCUT2D eigenvalue weighted by molar-refractivity contribution is -0.137. The Morgan fingerprint density at radius 3 is 2.44 bits per heavy atom. The van der Waals surface area contributed by atoms with E-state index in [9.17, 15) is 18.0 Å². The van der Waals surface area contributed by atoms with Crippen molar-refractivity contribution in [1.29, 1.82) is 0 Å². The molecule has 0 aliphatic heterocycles. The number of anilines is 2. The van der Waals surface area contributed by atoms with E-state index in [1.54, 1.807) is 0 Å². The van der Waals surface area contributed by atoms with E-state index in [-0.39, 0.29) is 16.9 Å². The van der Waals surface area contributed by atoms with Gasteiger partial charge in [0.15, 0.2) is 0 Å². The molecular weight excluding hydrogens is 225 g/mol. The Kier molecular flexibility index (Phi) is 2.97. The van der Waals surface area contributed by atoms with E-state index < -0.39 is 17.8 Å². The zero-order chi connectivity index (χ0) is 12.5. The Morgan fingerprint density at radius 1 is 1.44 bits per heavy atom. The normalized spacial score (nSPS) is 11.2. The quantitative estimate of drug-likeness (QED) is 0.654. The molecule has 0 saturated carbocycles. The third kappa shape index (κ3) is 2.56. The lowest BCUT2D eigenvalue weighted by atomic mass is 10.1. The fraction of sp³-hybridized carbons (Fsp3) is 0.222. The van der Waals surface area contributed by atoms with Crippen LogP contribution < -0.4 is 11.1 Å². The first kappa shape index (κ1) is 12.2. The highest BCUT2D eigenvalue weighted by Gasteiger charge is 2.31. The predicted molar refractivity (Wildman–Crippen MR) is 52.2 cm³/mol. The number of nitrogens with two attached hydrogens (primary N) is 1. The summed E-state index contributed by atoms with van der Waals surface area (Å²) in [6.45, 7) is 1.37. The van der Waals surface area contributed by atoms with Gasteiger partial charge in [0.25, 0.3) is 0 Å². The molecule has 88 valence electrons. The van der Waals surface area contributed by atoms with Gasteiger partial charge in [-0.1, -0.05) is 0 Å². The van der Waals surface area contributed by atoms with E-state index in [1.165, 1.54) is 6.92 Å². The zero-order valence-corrected chi connectivity index (χ0v) is 8.22. The van der Waals surface area contributed by atoms with Crippen LogP contribution in [0.5, 0.6) is 0 Å². The standard InChI is InChI=1S/C9H9F3N2O2/c1-4-2-5(9(10,11)12)3-6(7(4)13)14-8(15)16/h2-3,14H,13H2,1H3,(H,15,16). The van der Waals surface area contributed by atoms with Gasteiger partial charge in [0.2, 0.25) is 0 Å². The van der Waals surface area contributed by atoms with Crippen molar-refractivity contribution in [3.8, 4) is 0 Å². The van der Waals surface area contributed by atoms with Gasteiger partial charge in [-0.3, -0.25) is 5.32 Å². The summed E-state index contributed by atoms with van der Waals surface area (Å²) < 4.78 is 37.2. The van der Waals surface area contributed by atoms with Crippen LogP contribution in [0, 0.1) is 6.92 Å². The molecule has 0 aliphatic rings. The van der Waals surface area contributed by atoms with Crippen LogP contribution in [0.25, 0.3) is 0 Å². The minimum atomic E-state index is -4.53. The Hall–Kier alpha value is -1.92. The molecule has 0 bridgehead atoms. The van der Waals surface area contributed by atoms with Gasteiger partial charge in [0, 0.05) is 0 Å². The molecule has 1 aromatic carbocycles. The van der Waals surface area contributed by atoms with Gasteiger partial charge in [-0.2, -0.15) is 13.2 Å². The van der Waals surface area contributed by atoms with Crippen LogP contribution in [0.1, 0.15) is 11.1 Å². The van der Waals surface area contributed by atoms with E-state index in [0.29, 0.717) is 6.07 Å². The Bertz CT molecular complexity index is 429. The van der Waals surface area contributed by atoms with Crippen LogP contribution in [0.2, 0.25) is 0 Å². The number of carboxylic acid groups (broad SMARTS) is 1. The maximum atomic E-state index is 12.4. The molecular formula is C9H9F3N2O2. The van der Waals surface area contributed by atoms with E-state index >= 15 is 0 Å². The summed E-state index contributed by atoms with van der Waals surface area (Å²) in [5, 5.41) is 10.2. The lowest BCUT2D eigenvalue weighted by Crippen LogP contribution is -2.13. The highest BCUT2D eigenvalue weighted by molar-refractivity contribution is 5.88. The van der Waals surface area contributed by atoms with Gasteiger partial charge in [-0.05, 0) is 24.6 Å². The number of benzene rings is 1. The van der Waals surface area contributed by atoms with Crippen molar-refractivity contribution >= 4 is 17.5 Å². The number of rotatable bonds is 1. The summed E-state index contributed by atoms with van der Waals surface area (Å²) in [6, 6.07) is 1.53. The average molecular weight is 234 g/mol. The van der Waals surface area contributed by atoms with Crippen LogP contribution in [0.3, 0.4) is 0 Å². The third-order valence-electron chi connectivity index (χ3n) is 1.96. The van der Waals surface area contributed by atoms with Gasteiger partial charge in [0.05, 0.1) is 16.9 Å². The van der Waals surface area contributed by atoms with Crippen LogP contribution in [-0.2, 0) is 6.18 Å². The second-order valence-corrected chi connectivity index (χ2v) is 3.18. The molecule has 0 atom stereocenters. The number of halogens is 3. The number of alkyl halides is 3. The van der Waals surface area contributed by atoms with Gasteiger partial charge in [-0.25, -0.2) is 4.79 Å². The fourth-order valence-corrected chi connectivity index (χ4v) is 1.18. The fourth-order valence-electron chi connectivity index (χ4n) is 1.18. The number of nitrogens with one attached hydrogen (secondary N) is 1. The molecule has 0 unspecified atom stereocenters. The summed E-state index contributed by atoms with van der Waals surface area (Å²) in [6.07, 6.45) is -6.00. The SMILES string of the molecule is Cc1cc(C(F)(F)F)cc(NC(=O)O)c1N. The summed E-state index contributed by atoms with van der Waals surface area (Å²) in [5.74, 6) is 0. The molecule has 0 saturated heterocycles. The van der Waals surface area contributed by atoms with Crippen molar-refractivity contribution in [1.82, 2.24) is 0 Å². The summed E-state index contributed by atoms with van der Waals surface area (Å²) >= 11 is 0. The van der Waals surface area contributed by atoms with Crippen LogP contribution >= 0.6 is 0 Å². The minimum Gasteiger partial charge on any atom is -0.465 e. The third-order valence-corrected chi connectivity index (χ3v) is 1.96. The van der Waals surface area contributed by atoms with E-state index in [4.69, 9.17) is 10.8 Å². The Balaban J connectivity index is 3.27. The first-order valence-electron chi connectivity index (χ1n) is 4.19. The number of hydrogen-bond donors (Lipinski definition) is 3. The minimum absolute atomic E-state index is 0.0181. The molecule has 0 radical (unpaired) electrons. The smallest absolute Gasteiger partial charge is 0.416 e. The predicted octanol–water partition coefficient (Wildman–Crippen LogP) is 2.69. The van der Waals surface area contributed by atoms with Crippen molar-refractivity contribution < 1.29 is 23.1 Å². The number of carbonyl (C=O) groups is 1. The number of aryl methyl sites for hydroxylation is 1. The maximum Gasteiger partial charge on any atom is 0.416 e. The van der Waals surface area contributed by atoms with Gasteiger partial charge >= 0.3 is 12.3 Å². The molecule has 1 amide bonds. The maximum absolute atomic E-state index is 12.4. The molecule has 4 N–H and O–H groups in total. The molecule has 7 heteroatoms. The number of amides is 1. The zero-order valence-electron chi connectivity index (χ0n) is 8.22. The van der Waals surface area contributed by atoms with Crippen LogP contribution in [0.15, 0.2) is 12.1 Å². The second kappa shape index (κ2) is 3.92. The van der Waals surface area contributed by atoms with Crippen LogP contribution in [0.4, 0.5) is 29.3 Å². The average Bonchev–Trinajstić information content (AvgIpc) is 2.10. The van der Waals surface area contributed by atoms with Gasteiger partial charge < -0.3 is 10.8 Å². The Labute approximate surface area is 88.9 Å². The first-order chi connectivity index (χ1) is 7.21. The monoisotopic (exact) mass is 234 g/mol. The van der Waals surface area contributed by atoms with E-state index in [1.807, 2.05) is 5.32 Å². The van der Waals surface area contributed by atoms with Crippen molar-refractivity contribution in [2.75, 3.05) is 11.1 Å². The van der Waals surface area contributed by atoms with Gasteiger partial charge in [0.1, 0.15) is 0 Å². The molecule has 1 aromatic rings. The Morgan fingerprint density at radius 2 is 2.00 bits per heavy atom. The van der Waals surface area contributed by atoms with Crippen molar-refractivity contribution in [2.45, 2.75) is 13.1 Å². The molecule has 0 aromatic heterocycles. The van der Waals surface area contributed by atoms with E-state index in [2.05, 4.69) is 0 Å². The first-order valence-corrected chi connectivity index (χ1v) is 4.19. The molecule has 0 fully saturated rings. The molecule has 16 heavy (non-hydrogen) atoms. The molecule has 0 spiro atoms. The highest BCUT2D eigenvalue weighted by atomic mass is 19.4. The second-order valence-electron chi connectivity index (χ2n) is 3.18. The molecule has 0 aliphatic carbocycles. The summed E-state index contributed by atoms with van der Waals surface area (Å²) in [7, 11) is 0. The van der Waals surface area contributed by atoms with Crippen LogP contribution in [-0.4, -0.2) is 11.2 Å². The number of nitrogen functional groups attached to an aromatic ring is 1. The summed E-state index contributed by atoms with van der Waals surface area (Å²) in [5.41, 5.74) is 4.39. The molecule has 1 rings (SSSR count). The topological polar surface area (TPSA) is 75.3 Å². The lowest BCUT2D eigenvalue weighted by Gasteiger charge is -2.13. The van der Waals surface area contributed by atoms with Crippen molar-refractivity contribution in [2.24, 2.45) is 0 Å².